The Morgan fingerprint density at radius 2 is 1.83 bits per heavy atom. The lowest BCUT2D eigenvalue weighted by molar-refractivity contribution is -0.137. The first kappa shape index (κ1) is 22.7. The van der Waals surface area contributed by atoms with Crippen molar-refractivity contribution in [1.29, 1.82) is 0 Å². The molecule has 1 aromatic carbocycles. The SMILES string of the molecule is Cn1c2c(c3ccc(-n4ccc(-c5ccc(C(F)(F)F)cn5)cc4=O)cc31)CCN(C(=O)O)CC2. The van der Waals surface area contributed by atoms with Gasteiger partial charge in [0.05, 0.1) is 22.5 Å². The quantitative estimate of drug-likeness (QED) is 0.457. The number of hydrogen-bond acceptors (Lipinski definition) is 3. The van der Waals surface area contributed by atoms with Gasteiger partial charge in [-0.2, -0.15) is 13.2 Å². The van der Waals surface area contributed by atoms with Crippen molar-refractivity contribution in [3.05, 3.63) is 82.0 Å². The summed E-state index contributed by atoms with van der Waals surface area (Å²) in [6, 6.07) is 10.9. The fraction of sp³-hybridized carbons (Fsp3) is 0.240. The summed E-state index contributed by atoms with van der Waals surface area (Å²) in [6.45, 7) is 0.861. The summed E-state index contributed by atoms with van der Waals surface area (Å²) in [6.07, 6.45) is -1.83. The van der Waals surface area contributed by atoms with E-state index in [9.17, 15) is 27.9 Å². The van der Waals surface area contributed by atoms with Gasteiger partial charge in [0, 0.05) is 61.7 Å². The van der Waals surface area contributed by atoms with E-state index >= 15 is 0 Å². The molecule has 4 aromatic rings. The second-order valence-corrected chi connectivity index (χ2v) is 8.51. The lowest BCUT2D eigenvalue weighted by Crippen LogP contribution is -2.31. The van der Waals surface area contributed by atoms with E-state index in [2.05, 4.69) is 4.98 Å². The van der Waals surface area contributed by atoms with Crippen LogP contribution in [-0.4, -0.2) is 43.3 Å². The number of halogens is 3. The average molecular weight is 482 g/mol. The maximum absolute atomic E-state index is 12.9. The molecule has 0 bridgehead atoms. The Bertz CT molecular complexity index is 1500. The molecule has 7 nitrogen and oxygen atoms in total. The van der Waals surface area contributed by atoms with E-state index in [1.165, 1.54) is 21.6 Å². The first-order valence-corrected chi connectivity index (χ1v) is 11.0. The number of nitrogens with zero attached hydrogens (tertiary/aromatic N) is 4. The highest BCUT2D eigenvalue weighted by atomic mass is 19.4. The zero-order valence-electron chi connectivity index (χ0n) is 18.7. The molecular formula is C25H21F3N4O3. The number of aromatic nitrogens is 3. The molecular weight excluding hydrogens is 461 g/mol. The molecule has 0 unspecified atom stereocenters. The number of rotatable bonds is 2. The summed E-state index contributed by atoms with van der Waals surface area (Å²) in [5, 5.41) is 10.4. The van der Waals surface area contributed by atoms with Crippen LogP contribution in [0.4, 0.5) is 18.0 Å². The molecule has 0 saturated carbocycles. The van der Waals surface area contributed by atoms with Crippen molar-refractivity contribution in [1.82, 2.24) is 19.0 Å². The van der Waals surface area contributed by atoms with E-state index in [1.54, 1.807) is 12.3 Å². The van der Waals surface area contributed by atoms with Crippen LogP contribution in [-0.2, 0) is 26.1 Å². The normalized spacial score (nSPS) is 14.1. The van der Waals surface area contributed by atoms with Crippen molar-refractivity contribution in [3.63, 3.8) is 0 Å². The van der Waals surface area contributed by atoms with Gasteiger partial charge < -0.3 is 14.6 Å². The summed E-state index contributed by atoms with van der Waals surface area (Å²) in [7, 11) is 1.93. The topological polar surface area (TPSA) is 80.4 Å². The monoisotopic (exact) mass is 482 g/mol. The summed E-state index contributed by atoms with van der Waals surface area (Å²) in [5.41, 5.74) is 3.31. The standard InChI is InChI=1S/C25H21F3N4O3/c1-30-21-8-10-31(24(34)35)9-7-19(21)18-4-3-17(13-22(18)30)32-11-6-15(12-23(32)33)20-5-2-16(14-29-20)25(26,27)28/h2-6,11-14H,7-10H2,1H3,(H,34,35). The molecule has 4 heterocycles. The molecule has 0 aliphatic carbocycles. The maximum Gasteiger partial charge on any atom is 0.417 e. The van der Waals surface area contributed by atoms with Crippen molar-refractivity contribution in [2.75, 3.05) is 13.1 Å². The molecule has 0 atom stereocenters. The molecule has 1 aliphatic heterocycles. The third-order valence-corrected chi connectivity index (χ3v) is 6.53. The van der Waals surface area contributed by atoms with Crippen molar-refractivity contribution in [2.45, 2.75) is 19.0 Å². The van der Waals surface area contributed by atoms with Crippen molar-refractivity contribution < 1.29 is 23.1 Å². The first-order chi connectivity index (χ1) is 16.6. The molecule has 0 radical (unpaired) electrons. The van der Waals surface area contributed by atoms with E-state index in [4.69, 9.17) is 0 Å². The summed E-state index contributed by atoms with van der Waals surface area (Å²) < 4.78 is 41.9. The van der Waals surface area contributed by atoms with Crippen LogP contribution < -0.4 is 5.56 Å². The van der Waals surface area contributed by atoms with Gasteiger partial charge in [0.2, 0.25) is 0 Å². The molecule has 180 valence electrons. The third-order valence-electron chi connectivity index (χ3n) is 6.53. The van der Waals surface area contributed by atoms with E-state index < -0.39 is 17.8 Å². The van der Waals surface area contributed by atoms with Gasteiger partial charge in [0.1, 0.15) is 0 Å². The van der Waals surface area contributed by atoms with Crippen LogP contribution in [0, 0.1) is 0 Å². The molecule has 0 saturated heterocycles. The second-order valence-electron chi connectivity index (χ2n) is 8.51. The van der Waals surface area contributed by atoms with Crippen LogP contribution >= 0.6 is 0 Å². The van der Waals surface area contributed by atoms with Crippen LogP contribution in [0.5, 0.6) is 0 Å². The van der Waals surface area contributed by atoms with Crippen LogP contribution in [0.25, 0.3) is 27.8 Å². The van der Waals surface area contributed by atoms with Gasteiger partial charge in [0.15, 0.2) is 0 Å². The summed E-state index contributed by atoms with van der Waals surface area (Å²) in [5.74, 6) is 0. The minimum Gasteiger partial charge on any atom is -0.465 e. The second kappa shape index (κ2) is 8.30. The van der Waals surface area contributed by atoms with Gasteiger partial charge >= 0.3 is 12.3 Å². The molecule has 10 heteroatoms. The number of fused-ring (bicyclic) bond motifs is 3. The molecule has 1 amide bonds. The highest BCUT2D eigenvalue weighted by Gasteiger charge is 2.30. The molecule has 1 N–H and O–H groups in total. The number of amides is 1. The van der Waals surface area contributed by atoms with E-state index in [1.807, 2.05) is 29.8 Å². The Morgan fingerprint density at radius 3 is 2.49 bits per heavy atom. The highest BCUT2D eigenvalue weighted by Crippen LogP contribution is 2.31. The number of alkyl halides is 3. The fourth-order valence-corrected chi connectivity index (χ4v) is 4.68. The number of hydrogen-bond donors (Lipinski definition) is 1. The van der Waals surface area contributed by atoms with E-state index in [0.717, 1.165) is 34.4 Å². The fourth-order valence-electron chi connectivity index (χ4n) is 4.68. The van der Waals surface area contributed by atoms with Gasteiger partial charge in [-0.25, -0.2) is 4.79 Å². The van der Waals surface area contributed by atoms with Crippen molar-refractivity contribution in [2.24, 2.45) is 7.05 Å². The first-order valence-electron chi connectivity index (χ1n) is 11.0. The number of benzene rings is 1. The van der Waals surface area contributed by atoms with Crippen LogP contribution in [0.3, 0.4) is 0 Å². The predicted molar refractivity (Wildman–Crippen MR) is 124 cm³/mol. The lowest BCUT2D eigenvalue weighted by Gasteiger charge is -2.16. The molecule has 0 fully saturated rings. The average Bonchev–Trinajstić information content (AvgIpc) is 2.96. The van der Waals surface area contributed by atoms with Gasteiger partial charge in [0.25, 0.3) is 5.56 Å². The molecule has 3 aromatic heterocycles. The van der Waals surface area contributed by atoms with Crippen LogP contribution in [0.1, 0.15) is 16.8 Å². The maximum atomic E-state index is 12.9. The van der Waals surface area contributed by atoms with Crippen molar-refractivity contribution in [3.8, 4) is 16.9 Å². The Balaban J connectivity index is 1.48. The Morgan fingerprint density at radius 1 is 1.06 bits per heavy atom. The molecule has 35 heavy (non-hydrogen) atoms. The minimum atomic E-state index is -4.47. The smallest absolute Gasteiger partial charge is 0.417 e. The van der Waals surface area contributed by atoms with E-state index in [0.29, 0.717) is 37.2 Å². The van der Waals surface area contributed by atoms with Gasteiger partial charge in [-0.05, 0) is 42.3 Å². The number of pyridine rings is 2. The van der Waals surface area contributed by atoms with Gasteiger partial charge in [-0.1, -0.05) is 6.07 Å². The van der Waals surface area contributed by atoms with Gasteiger partial charge in [-0.3, -0.25) is 14.3 Å². The number of carboxylic acid groups (broad SMARTS) is 1. The minimum absolute atomic E-state index is 0.277. The third kappa shape index (κ3) is 4.05. The molecule has 5 rings (SSSR count). The summed E-state index contributed by atoms with van der Waals surface area (Å²) >= 11 is 0. The molecule has 0 spiro atoms. The Labute approximate surface area is 197 Å². The Hall–Kier alpha value is -4.08. The molecule has 1 aliphatic rings. The Kier molecular flexibility index (Phi) is 5.38. The largest absolute Gasteiger partial charge is 0.465 e. The number of carbonyl (C=O) groups is 1. The predicted octanol–water partition coefficient (Wildman–Crippen LogP) is 4.49. The van der Waals surface area contributed by atoms with Gasteiger partial charge in [-0.15, -0.1) is 0 Å². The highest BCUT2D eigenvalue weighted by molar-refractivity contribution is 5.87. The number of aryl methyl sites for hydroxylation is 1. The zero-order valence-corrected chi connectivity index (χ0v) is 18.7. The lowest BCUT2D eigenvalue weighted by atomic mass is 10.1. The van der Waals surface area contributed by atoms with Crippen LogP contribution in [0.15, 0.2) is 59.7 Å². The van der Waals surface area contributed by atoms with Crippen molar-refractivity contribution >= 4 is 17.0 Å². The van der Waals surface area contributed by atoms with E-state index in [-0.39, 0.29) is 11.3 Å². The zero-order chi connectivity index (χ0) is 24.9. The summed E-state index contributed by atoms with van der Waals surface area (Å²) in [4.78, 5) is 29.5. The van der Waals surface area contributed by atoms with Crippen LogP contribution in [0.2, 0.25) is 0 Å².